The Hall–Kier alpha value is -1.92. The summed E-state index contributed by atoms with van der Waals surface area (Å²) >= 11 is 0. The molecule has 0 aromatic heterocycles. The van der Waals surface area contributed by atoms with Crippen LogP contribution in [0.2, 0.25) is 0 Å². The fraction of sp³-hybridized carbons (Fsp3) is 0.667. The Morgan fingerprint density at radius 1 is 0.733 bits per heavy atom. The monoisotopic (exact) mass is 412 g/mol. The number of epoxide rings is 2. The highest BCUT2D eigenvalue weighted by Crippen LogP contribution is 2.41. The predicted octanol–water partition coefficient (Wildman–Crippen LogP) is 3.53. The summed E-state index contributed by atoms with van der Waals surface area (Å²) in [5.41, 5.74) is 1.81. The Morgan fingerprint density at radius 3 is 1.47 bits per heavy atom. The minimum absolute atomic E-state index is 0.0613. The van der Waals surface area contributed by atoms with E-state index >= 15 is 0 Å². The maximum atomic E-state index is 12.4. The molecular weight excluding hydrogens is 380 g/mol. The summed E-state index contributed by atoms with van der Waals surface area (Å²) in [6.07, 6.45) is 8.36. The first-order valence-electron chi connectivity index (χ1n) is 11.4. The number of hydrogen-bond acceptors (Lipinski definition) is 4. The molecule has 1 aromatic rings. The Labute approximate surface area is 178 Å². The van der Waals surface area contributed by atoms with Crippen molar-refractivity contribution in [1.29, 1.82) is 0 Å². The van der Waals surface area contributed by atoms with Gasteiger partial charge in [-0.15, -0.1) is 0 Å². The first kappa shape index (κ1) is 20.0. The third-order valence-corrected chi connectivity index (χ3v) is 7.34. The number of anilines is 2. The van der Waals surface area contributed by atoms with Crippen LogP contribution in [-0.4, -0.2) is 49.3 Å². The normalized spacial score (nSPS) is 33.8. The van der Waals surface area contributed by atoms with Gasteiger partial charge in [0.2, 0.25) is 11.8 Å². The Kier molecular flexibility index (Phi) is 5.31. The average molecular weight is 413 g/mol. The van der Waals surface area contributed by atoms with E-state index in [-0.39, 0.29) is 11.8 Å². The molecular formula is C24H32N2O4. The van der Waals surface area contributed by atoms with Gasteiger partial charge in [-0.3, -0.25) is 9.59 Å². The number of rotatable bonds is 6. The van der Waals surface area contributed by atoms with Crippen molar-refractivity contribution >= 4 is 23.2 Å². The SMILES string of the molecule is CC(=O)N(CC1CCC2OC2C1)c1ccc(N(CC2CCC3OC3C2)C(C)=O)cc1. The summed E-state index contributed by atoms with van der Waals surface area (Å²) in [6.45, 7) is 4.74. The van der Waals surface area contributed by atoms with Crippen LogP contribution in [0.1, 0.15) is 52.4 Å². The van der Waals surface area contributed by atoms with Crippen LogP contribution in [0.3, 0.4) is 0 Å². The van der Waals surface area contributed by atoms with E-state index in [1.165, 1.54) is 0 Å². The molecule has 1 aromatic carbocycles. The van der Waals surface area contributed by atoms with E-state index in [2.05, 4.69) is 0 Å². The van der Waals surface area contributed by atoms with Crippen LogP contribution in [0.4, 0.5) is 11.4 Å². The molecule has 162 valence electrons. The standard InChI is InChI=1S/C24H32N2O4/c1-15(27)25(13-17-3-9-21-23(11-17)29-21)19-5-7-20(8-6-19)26(16(2)28)14-18-4-10-22-24(12-18)30-22/h5-8,17-18,21-24H,3-4,9-14H2,1-2H3. The van der Waals surface area contributed by atoms with Gasteiger partial charge >= 0.3 is 0 Å². The Morgan fingerprint density at radius 2 is 1.13 bits per heavy atom. The molecule has 2 aliphatic carbocycles. The van der Waals surface area contributed by atoms with E-state index in [0.29, 0.717) is 36.3 Å². The number of carbonyl (C=O) groups excluding carboxylic acids is 2. The van der Waals surface area contributed by atoms with Crippen molar-refractivity contribution in [2.75, 3.05) is 22.9 Å². The summed E-state index contributed by atoms with van der Waals surface area (Å²) in [6, 6.07) is 7.92. The van der Waals surface area contributed by atoms with Crippen molar-refractivity contribution in [3.8, 4) is 0 Å². The molecule has 0 bridgehead atoms. The fourth-order valence-electron chi connectivity index (χ4n) is 5.47. The summed E-state index contributed by atoms with van der Waals surface area (Å²) in [5, 5.41) is 0. The fourth-order valence-corrected chi connectivity index (χ4v) is 5.47. The van der Waals surface area contributed by atoms with Gasteiger partial charge in [0, 0.05) is 38.3 Å². The van der Waals surface area contributed by atoms with E-state index in [0.717, 1.165) is 63.0 Å². The Bertz CT molecular complexity index is 743. The molecule has 0 spiro atoms. The molecule has 5 rings (SSSR count). The van der Waals surface area contributed by atoms with Crippen LogP contribution in [0, 0.1) is 11.8 Å². The number of benzene rings is 1. The zero-order chi connectivity index (χ0) is 20.8. The lowest BCUT2D eigenvalue weighted by atomic mass is 9.88. The first-order valence-corrected chi connectivity index (χ1v) is 11.4. The molecule has 4 fully saturated rings. The molecule has 2 aliphatic heterocycles. The van der Waals surface area contributed by atoms with Gasteiger partial charge in [-0.1, -0.05) is 0 Å². The second-order valence-electron chi connectivity index (χ2n) is 9.56. The minimum Gasteiger partial charge on any atom is -0.370 e. The summed E-state index contributed by atoms with van der Waals surface area (Å²) in [5.74, 6) is 1.11. The molecule has 0 N–H and O–H groups in total. The van der Waals surface area contributed by atoms with Crippen molar-refractivity contribution in [3.63, 3.8) is 0 Å². The molecule has 0 radical (unpaired) electrons. The van der Waals surface area contributed by atoms with Gasteiger partial charge in [-0.25, -0.2) is 0 Å². The number of amides is 2. The van der Waals surface area contributed by atoms with E-state index in [1.54, 1.807) is 13.8 Å². The van der Waals surface area contributed by atoms with Crippen molar-refractivity contribution in [2.24, 2.45) is 11.8 Å². The highest BCUT2D eigenvalue weighted by atomic mass is 16.6. The Balaban J connectivity index is 1.25. The van der Waals surface area contributed by atoms with Gasteiger partial charge in [0.1, 0.15) is 0 Å². The third kappa shape index (κ3) is 4.26. The number of ether oxygens (including phenoxy) is 2. The van der Waals surface area contributed by atoms with Gasteiger partial charge in [0.15, 0.2) is 0 Å². The van der Waals surface area contributed by atoms with Crippen LogP contribution in [0.5, 0.6) is 0 Å². The average Bonchev–Trinajstić information content (AvgIpc) is 3.64. The van der Waals surface area contributed by atoms with Crippen molar-refractivity contribution in [1.82, 2.24) is 0 Å². The summed E-state index contributed by atoms with van der Waals surface area (Å²) in [4.78, 5) is 28.5. The molecule has 2 saturated heterocycles. The molecule has 2 amide bonds. The molecule has 6 atom stereocenters. The minimum atomic E-state index is 0.0613. The number of fused-ring (bicyclic) bond motifs is 2. The quantitative estimate of drug-likeness (QED) is 0.671. The molecule has 2 saturated carbocycles. The number of carbonyl (C=O) groups is 2. The topological polar surface area (TPSA) is 65.7 Å². The van der Waals surface area contributed by atoms with Gasteiger partial charge in [0.25, 0.3) is 0 Å². The molecule has 6 unspecified atom stereocenters. The van der Waals surface area contributed by atoms with Crippen LogP contribution in [0.25, 0.3) is 0 Å². The maximum absolute atomic E-state index is 12.4. The largest absolute Gasteiger partial charge is 0.370 e. The molecule has 2 heterocycles. The van der Waals surface area contributed by atoms with Crippen LogP contribution in [-0.2, 0) is 19.1 Å². The summed E-state index contributed by atoms with van der Waals surface area (Å²) < 4.78 is 11.3. The van der Waals surface area contributed by atoms with Gasteiger partial charge in [-0.2, -0.15) is 0 Å². The highest BCUT2D eigenvalue weighted by Gasteiger charge is 2.45. The van der Waals surface area contributed by atoms with Crippen LogP contribution < -0.4 is 9.80 Å². The second kappa shape index (κ2) is 7.97. The van der Waals surface area contributed by atoms with Crippen LogP contribution in [0.15, 0.2) is 24.3 Å². The van der Waals surface area contributed by atoms with Gasteiger partial charge in [0.05, 0.1) is 24.4 Å². The molecule has 30 heavy (non-hydrogen) atoms. The predicted molar refractivity (Wildman–Crippen MR) is 115 cm³/mol. The van der Waals surface area contributed by atoms with E-state index in [9.17, 15) is 9.59 Å². The van der Waals surface area contributed by atoms with Crippen LogP contribution >= 0.6 is 0 Å². The lowest BCUT2D eigenvalue weighted by Gasteiger charge is -2.30. The molecule has 6 nitrogen and oxygen atoms in total. The molecule has 6 heteroatoms. The van der Waals surface area contributed by atoms with E-state index in [1.807, 2.05) is 34.1 Å². The first-order chi connectivity index (χ1) is 14.5. The third-order valence-electron chi connectivity index (χ3n) is 7.34. The number of nitrogens with zero attached hydrogens (tertiary/aromatic N) is 2. The van der Waals surface area contributed by atoms with Gasteiger partial charge < -0.3 is 19.3 Å². The van der Waals surface area contributed by atoms with Gasteiger partial charge in [-0.05, 0) is 74.6 Å². The van der Waals surface area contributed by atoms with Crippen molar-refractivity contribution in [3.05, 3.63) is 24.3 Å². The lowest BCUT2D eigenvalue weighted by Crippen LogP contribution is -2.36. The highest BCUT2D eigenvalue weighted by molar-refractivity contribution is 5.93. The lowest BCUT2D eigenvalue weighted by molar-refractivity contribution is -0.117. The van der Waals surface area contributed by atoms with E-state index in [4.69, 9.17) is 9.47 Å². The molecule has 4 aliphatic rings. The zero-order valence-electron chi connectivity index (χ0n) is 18.0. The van der Waals surface area contributed by atoms with Crippen molar-refractivity contribution in [2.45, 2.75) is 76.8 Å². The second-order valence-corrected chi connectivity index (χ2v) is 9.56. The number of hydrogen-bond donors (Lipinski definition) is 0. The smallest absolute Gasteiger partial charge is 0.223 e. The zero-order valence-corrected chi connectivity index (χ0v) is 18.0. The maximum Gasteiger partial charge on any atom is 0.223 e. The van der Waals surface area contributed by atoms with Crippen molar-refractivity contribution < 1.29 is 19.1 Å². The van der Waals surface area contributed by atoms with E-state index < -0.39 is 0 Å². The summed E-state index contributed by atoms with van der Waals surface area (Å²) in [7, 11) is 0.